The Balaban J connectivity index is 2.39. The van der Waals surface area contributed by atoms with E-state index in [1.54, 1.807) is 0 Å². The van der Waals surface area contributed by atoms with Crippen LogP contribution in [0.5, 0.6) is 11.5 Å². The monoisotopic (exact) mass is 304 g/mol. The maximum Gasteiger partial charge on any atom is 0.126 e. The van der Waals surface area contributed by atoms with Gasteiger partial charge in [0.05, 0.1) is 13.2 Å². The summed E-state index contributed by atoms with van der Waals surface area (Å²) in [4.78, 5) is 0. The fourth-order valence-electron chi connectivity index (χ4n) is 2.34. The van der Waals surface area contributed by atoms with Crippen LogP contribution in [-0.4, -0.2) is 13.2 Å². The third-order valence-corrected chi connectivity index (χ3v) is 3.72. The molecule has 0 radical (unpaired) electrons. The summed E-state index contributed by atoms with van der Waals surface area (Å²) in [7, 11) is 0. The van der Waals surface area contributed by atoms with Crippen molar-refractivity contribution >= 4 is 6.08 Å². The molecule has 2 nitrogen and oxygen atoms in total. The van der Waals surface area contributed by atoms with Gasteiger partial charge in [0, 0.05) is 5.56 Å². The van der Waals surface area contributed by atoms with Crippen molar-refractivity contribution in [3.8, 4) is 11.5 Å². The van der Waals surface area contributed by atoms with Crippen LogP contribution in [-0.2, 0) is 0 Å². The quantitative estimate of drug-likeness (QED) is 0.401. The Bertz CT molecular complexity index is 412. The van der Waals surface area contributed by atoms with Crippen molar-refractivity contribution < 1.29 is 9.47 Å². The maximum atomic E-state index is 5.86. The molecule has 0 saturated heterocycles. The molecule has 0 atom stereocenters. The Labute approximate surface area is 136 Å². The second kappa shape index (κ2) is 12.1. The first kappa shape index (κ1) is 18.6. The summed E-state index contributed by atoms with van der Waals surface area (Å²) in [6.45, 7) is 9.88. The summed E-state index contributed by atoms with van der Waals surface area (Å²) in [6, 6.07) is 6.01. The first-order valence-corrected chi connectivity index (χ1v) is 8.83. The number of ether oxygens (including phenoxy) is 2. The zero-order chi connectivity index (χ0) is 16.0. The minimum Gasteiger partial charge on any atom is -0.494 e. The lowest BCUT2D eigenvalue weighted by molar-refractivity contribution is 0.296. The fraction of sp³-hybridized carbons (Fsp3) is 0.600. The molecule has 1 aromatic rings. The molecule has 0 aliphatic heterocycles. The van der Waals surface area contributed by atoms with Crippen LogP contribution in [0.3, 0.4) is 0 Å². The van der Waals surface area contributed by atoms with Gasteiger partial charge in [0.25, 0.3) is 0 Å². The summed E-state index contributed by atoms with van der Waals surface area (Å²) in [6.07, 6.45) is 11.6. The maximum absolute atomic E-state index is 5.86. The summed E-state index contributed by atoms with van der Waals surface area (Å²) < 4.78 is 11.7. The summed E-state index contributed by atoms with van der Waals surface area (Å²) >= 11 is 0. The largest absolute Gasteiger partial charge is 0.494 e. The molecule has 0 heterocycles. The van der Waals surface area contributed by atoms with E-state index in [9.17, 15) is 0 Å². The molecule has 1 aromatic carbocycles. The first-order chi connectivity index (χ1) is 10.8. The van der Waals surface area contributed by atoms with E-state index in [2.05, 4.69) is 20.4 Å². The Kier molecular flexibility index (Phi) is 10.3. The molecule has 0 bridgehead atoms. The first-order valence-electron chi connectivity index (χ1n) is 8.83. The number of hydrogen-bond acceptors (Lipinski definition) is 2. The van der Waals surface area contributed by atoms with Crippen molar-refractivity contribution in [3.05, 3.63) is 30.3 Å². The van der Waals surface area contributed by atoms with Crippen LogP contribution in [0.1, 0.15) is 70.8 Å². The van der Waals surface area contributed by atoms with Crippen LogP contribution >= 0.6 is 0 Å². The summed E-state index contributed by atoms with van der Waals surface area (Å²) in [5.41, 5.74) is 1.02. The molecule has 0 unspecified atom stereocenters. The van der Waals surface area contributed by atoms with Crippen molar-refractivity contribution in [2.24, 2.45) is 0 Å². The van der Waals surface area contributed by atoms with E-state index >= 15 is 0 Å². The highest BCUT2D eigenvalue weighted by atomic mass is 16.5. The average Bonchev–Trinajstić information content (AvgIpc) is 2.55. The van der Waals surface area contributed by atoms with Crippen molar-refractivity contribution in [1.82, 2.24) is 0 Å². The molecular weight excluding hydrogens is 272 g/mol. The number of hydrogen-bond donors (Lipinski definition) is 0. The van der Waals surface area contributed by atoms with Crippen LogP contribution in [0.25, 0.3) is 6.08 Å². The van der Waals surface area contributed by atoms with E-state index < -0.39 is 0 Å². The van der Waals surface area contributed by atoms with Gasteiger partial charge >= 0.3 is 0 Å². The molecular formula is C20H32O2. The molecule has 0 fully saturated rings. The van der Waals surface area contributed by atoms with Gasteiger partial charge in [-0.05, 0) is 31.0 Å². The molecule has 124 valence electrons. The van der Waals surface area contributed by atoms with E-state index in [-0.39, 0.29) is 0 Å². The lowest BCUT2D eigenvalue weighted by Crippen LogP contribution is -2.01. The van der Waals surface area contributed by atoms with Crippen LogP contribution in [0.15, 0.2) is 24.8 Å². The molecule has 1 rings (SSSR count). The number of rotatable bonds is 13. The Morgan fingerprint density at radius 3 is 2.09 bits per heavy atom. The average molecular weight is 304 g/mol. The summed E-state index contributed by atoms with van der Waals surface area (Å²) in [5.74, 6) is 1.81. The van der Waals surface area contributed by atoms with E-state index in [0.29, 0.717) is 0 Å². The van der Waals surface area contributed by atoms with Gasteiger partial charge in [0.15, 0.2) is 0 Å². The number of benzene rings is 1. The van der Waals surface area contributed by atoms with Crippen molar-refractivity contribution in [3.63, 3.8) is 0 Å². The van der Waals surface area contributed by atoms with E-state index in [0.717, 1.165) is 43.1 Å². The Hall–Kier alpha value is -1.44. The van der Waals surface area contributed by atoms with Crippen LogP contribution < -0.4 is 9.47 Å². The van der Waals surface area contributed by atoms with Crippen molar-refractivity contribution in [1.29, 1.82) is 0 Å². The third-order valence-electron chi connectivity index (χ3n) is 3.72. The normalized spacial score (nSPS) is 10.5. The fourth-order valence-corrected chi connectivity index (χ4v) is 2.34. The van der Waals surface area contributed by atoms with E-state index in [4.69, 9.17) is 9.47 Å². The lowest BCUT2D eigenvalue weighted by Gasteiger charge is -2.12. The van der Waals surface area contributed by atoms with Gasteiger partial charge in [-0.1, -0.05) is 65.0 Å². The third kappa shape index (κ3) is 7.53. The smallest absolute Gasteiger partial charge is 0.126 e. The van der Waals surface area contributed by atoms with Crippen LogP contribution in [0, 0.1) is 0 Å². The number of unbranched alkanes of at least 4 members (excludes halogenated alkanes) is 6. The Morgan fingerprint density at radius 2 is 1.50 bits per heavy atom. The highest BCUT2D eigenvalue weighted by Crippen LogP contribution is 2.25. The zero-order valence-corrected chi connectivity index (χ0v) is 14.4. The van der Waals surface area contributed by atoms with E-state index in [1.807, 2.05) is 24.3 Å². The highest BCUT2D eigenvalue weighted by Gasteiger charge is 2.03. The topological polar surface area (TPSA) is 18.5 Å². The van der Waals surface area contributed by atoms with Gasteiger partial charge < -0.3 is 9.47 Å². The summed E-state index contributed by atoms with van der Waals surface area (Å²) in [5, 5.41) is 0. The van der Waals surface area contributed by atoms with Crippen molar-refractivity contribution in [2.75, 3.05) is 13.2 Å². The van der Waals surface area contributed by atoms with Gasteiger partial charge in [0.2, 0.25) is 0 Å². The molecule has 0 aliphatic rings. The zero-order valence-electron chi connectivity index (χ0n) is 14.4. The predicted molar refractivity (Wildman–Crippen MR) is 95.8 cm³/mol. The molecule has 2 heteroatoms. The van der Waals surface area contributed by atoms with Gasteiger partial charge in [-0.3, -0.25) is 0 Å². The molecule has 0 aliphatic carbocycles. The van der Waals surface area contributed by atoms with Gasteiger partial charge in [-0.15, -0.1) is 0 Å². The van der Waals surface area contributed by atoms with Gasteiger partial charge in [-0.2, -0.15) is 0 Å². The highest BCUT2D eigenvalue weighted by molar-refractivity contribution is 5.58. The minimum absolute atomic E-state index is 0.776. The van der Waals surface area contributed by atoms with Crippen LogP contribution in [0.4, 0.5) is 0 Å². The SMILES string of the molecule is C=Cc1cc(OCCCCCC)ccc1OCCCCCC. The minimum atomic E-state index is 0.776. The van der Waals surface area contributed by atoms with E-state index in [1.165, 1.54) is 38.5 Å². The molecule has 0 amide bonds. The Morgan fingerprint density at radius 1 is 0.864 bits per heavy atom. The lowest BCUT2D eigenvalue weighted by atomic mass is 10.2. The van der Waals surface area contributed by atoms with Crippen LogP contribution in [0.2, 0.25) is 0 Å². The molecule has 0 saturated carbocycles. The molecule has 0 aromatic heterocycles. The van der Waals surface area contributed by atoms with Crippen molar-refractivity contribution in [2.45, 2.75) is 65.2 Å². The second-order valence-electron chi connectivity index (χ2n) is 5.72. The van der Waals surface area contributed by atoms with Gasteiger partial charge in [-0.25, -0.2) is 0 Å². The predicted octanol–water partition coefficient (Wildman–Crippen LogP) is 6.25. The van der Waals surface area contributed by atoms with Gasteiger partial charge in [0.1, 0.15) is 11.5 Å². The molecule has 0 spiro atoms. The molecule has 22 heavy (non-hydrogen) atoms. The molecule has 0 N–H and O–H groups in total. The second-order valence-corrected chi connectivity index (χ2v) is 5.72. The standard InChI is InChI=1S/C20H32O2/c1-4-7-9-11-15-21-19-13-14-20(18(6-3)17-19)22-16-12-10-8-5-2/h6,13-14,17H,3-5,7-12,15-16H2,1-2H3.